The summed E-state index contributed by atoms with van der Waals surface area (Å²) in [6.07, 6.45) is 5.21. The second-order valence-corrected chi connectivity index (χ2v) is 5.33. The summed E-state index contributed by atoms with van der Waals surface area (Å²) in [6.45, 7) is 0.919. The minimum atomic E-state index is 0.608. The van der Waals surface area contributed by atoms with Crippen LogP contribution in [0.5, 0.6) is 17.2 Å². The number of hydrogen-bond acceptors (Lipinski definition) is 5. The quantitative estimate of drug-likeness (QED) is 0.835. The highest BCUT2D eigenvalue weighted by Crippen LogP contribution is 2.38. The van der Waals surface area contributed by atoms with Gasteiger partial charge < -0.3 is 14.2 Å². The Morgan fingerprint density at radius 1 is 1.05 bits per heavy atom. The minimum absolute atomic E-state index is 0.608. The van der Waals surface area contributed by atoms with Crippen LogP contribution in [-0.2, 0) is 0 Å². The van der Waals surface area contributed by atoms with Crippen molar-refractivity contribution in [2.45, 2.75) is 6.42 Å². The first-order valence-corrected chi connectivity index (χ1v) is 7.42. The first kappa shape index (κ1) is 14.8. The number of aliphatic imine (C=N–C) groups is 1. The summed E-state index contributed by atoms with van der Waals surface area (Å²) in [6, 6.07) is 3.85. The summed E-state index contributed by atoms with van der Waals surface area (Å²) in [7, 11) is 4.83. The Balaban J connectivity index is 2.27. The lowest BCUT2D eigenvalue weighted by Crippen LogP contribution is -2.00. The van der Waals surface area contributed by atoms with Crippen molar-refractivity contribution in [2.24, 2.45) is 4.99 Å². The molecule has 0 radical (unpaired) electrons. The van der Waals surface area contributed by atoms with Crippen LogP contribution in [0.2, 0.25) is 0 Å². The maximum absolute atomic E-state index is 5.34. The molecule has 20 heavy (non-hydrogen) atoms. The number of benzene rings is 1. The zero-order valence-electron chi connectivity index (χ0n) is 12.0. The van der Waals surface area contributed by atoms with E-state index < -0.39 is 0 Å². The van der Waals surface area contributed by atoms with Crippen molar-refractivity contribution in [3.8, 4) is 17.2 Å². The van der Waals surface area contributed by atoms with Crippen LogP contribution in [0.15, 0.2) is 23.2 Å². The van der Waals surface area contributed by atoms with E-state index in [0.717, 1.165) is 29.3 Å². The summed E-state index contributed by atoms with van der Waals surface area (Å²) in [5.74, 6) is 3.06. The average molecular weight is 293 g/mol. The smallest absolute Gasteiger partial charge is 0.203 e. The van der Waals surface area contributed by atoms with Crippen LogP contribution in [0.1, 0.15) is 12.0 Å². The van der Waals surface area contributed by atoms with E-state index in [1.165, 1.54) is 0 Å². The second kappa shape index (κ2) is 7.24. The zero-order chi connectivity index (χ0) is 14.4. The van der Waals surface area contributed by atoms with Gasteiger partial charge in [-0.3, -0.25) is 4.99 Å². The molecule has 1 aromatic rings. The average Bonchev–Trinajstić information content (AvgIpc) is 2.52. The molecule has 0 saturated carbocycles. The maximum Gasteiger partial charge on any atom is 0.203 e. The first-order chi connectivity index (χ1) is 9.78. The predicted molar refractivity (Wildman–Crippen MR) is 84.5 cm³/mol. The zero-order valence-corrected chi connectivity index (χ0v) is 12.8. The fourth-order valence-electron chi connectivity index (χ4n) is 1.94. The van der Waals surface area contributed by atoms with Crippen LogP contribution in [0.4, 0.5) is 0 Å². The molecule has 0 unspecified atom stereocenters. The molecule has 1 aromatic carbocycles. The van der Waals surface area contributed by atoms with Gasteiger partial charge in [-0.15, -0.1) is 11.8 Å². The molecule has 0 fully saturated rings. The van der Waals surface area contributed by atoms with Crippen LogP contribution in [0, 0.1) is 0 Å². The maximum atomic E-state index is 5.34. The van der Waals surface area contributed by atoms with Gasteiger partial charge >= 0.3 is 0 Å². The Morgan fingerprint density at radius 2 is 1.75 bits per heavy atom. The largest absolute Gasteiger partial charge is 0.493 e. The lowest BCUT2D eigenvalue weighted by atomic mass is 10.1. The third-order valence-corrected chi connectivity index (χ3v) is 3.98. The van der Waals surface area contributed by atoms with Gasteiger partial charge in [0.05, 0.1) is 26.4 Å². The molecule has 0 bridgehead atoms. The SMILES string of the molecule is COc1cc(/C=C/C2=NCCCS2)cc(OC)c1OC. The first-order valence-electron chi connectivity index (χ1n) is 6.44. The van der Waals surface area contributed by atoms with E-state index in [2.05, 4.69) is 4.99 Å². The summed E-state index contributed by atoms with van der Waals surface area (Å²) < 4.78 is 16.0. The van der Waals surface area contributed by atoms with Gasteiger partial charge in [0.2, 0.25) is 5.75 Å². The van der Waals surface area contributed by atoms with Crippen molar-refractivity contribution >= 4 is 22.9 Å². The fraction of sp³-hybridized carbons (Fsp3) is 0.400. The van der Waals surface area contributed by atoms with E-state index >= 15 is 0 Å². The molecule has 0 aromatic heterocycles. The van der Waals surface area contributed by atoms with Gasteiger partial charge in [0.1, 0.15) is 0 Å². The Morgan fingerprint density at radius 3 is 2.25 bits per heavy atom. The Hall–Kier alpha value is -1.62. The summed E-state index contributed by atoms with van der Waals surface area (Å²) in [5.41, 5.74) is 0.994. The lowest BCUT2D eigenvalue weighted by Gasteiger charge is -2.13. The molecule has 0 atom stereocenters. The highest BCUT2D eigenvalue weighted by atomic mass is 32.2. The summed E-state index contributed by atoms with van der Waals surface area (Å²) >= 11 is 1.79. The molecule has 4 nitrogen and oxygen atoms in total. The normalized spacial score (nSPS) is 15.1. The highest BCUT2D eigenvalue weighted by molar-refractivity contribution is 8.14. The van der Waals surface area contributed by atoms with Crippen molar-refractivity contribution in [3.63, 3.8) is 0 Å². The summed E-state index contributed by atoms with van der Waals surface area (Å²) in [5, 5.41) is 1.07. The van der Waals surface area contributed by atoms with Gasteiger partial charge in [-0.25, -0.2) is 0 Å². The van der Waals surface area contributed by atoms with Crippen molar-refractivity contribution < 1.29 is 14.2 Å². The number of thioether (sulfide) groups is 1. The standard InChI is InChI=1S/C15H19NO3S/c1-17-12-9-11(10-13(18-2)15(12)19-3)5-6-14-16-7-4-8-20-14/h5-6,9-10H,4,7-8H2,1-3H3/b6-5+. The van der Waals surface area contributed by atoms with Crippen molar-refractivity contribution in [2.75, 3.05) is 33.6 Å². The Kier molecular flexibility index (Phi) is 5.35. The summed E-state index contributed by atoms with van der Waals surface area (Å²) in [4.78, 5) is 4.47. The topological polar surface area (TPSA) is 40.0 Å². The molecular formula is C15H19NO3S. The molecule has 2 rings (SSSR count). The van der Waals surface area contributed by atoms with E-state index in [9.17, 15) is 0 Å². The monoisotopic (exact) mass is 293 g/mol. The third-order valence-electron chi connectivity index (χ3n) is 2.93. The van der Waals surface area contributed by atoms with E-state index in [-0.39, 0.29) is 0 Å². The van der Waals surface area contributed by atoms with Crippen molar-refractivity contribution in [1.82, 2.24) is 0 Å². The number of methoxy groups -OCH3 is 3. The van der Waals surface area contributed by atoms with Gasteiger partial charge in [-0.2, -0.15) is 0 Å². The van der Waals surface area contributed by atoms with Gasteiger partial charge in [-0.1, -0.05) is 6.08 Å². The molecular weight excluding hydrogens is 274 g/mol. The van der Waals surface area contributed by atoms with Crippen LogP contribution in [0.25, 0.3) is 6.08 Å². The predicted octanol–water partition coefficient (Wildman–Crippen LogP) is 3.26. The van der Waals surface area contributed by atoms with E-state index in [1.54, 1.807) is 33.1 Å². The van der Waals surface area contributed by atoms with Crippen LogP contribution in [-0.4, -0.2) is 38.7 Å². The molecule has 0 aliphatic carbocycles. The van der Waals surface area contributed by atoms with Crippen molar-refractivity contribution in [3.05, 3.63) is 23.8 Å². The fourth-order valence-corrected chi connectivity index (χ4v) is 2.77. The van der Waals surface area contributed by atoms with Crippen LogP contribution in [0.3, 0.4) is 0 Å². The third kappa shape index (κ3) is 3.48. The molecule has 0 amide bonds. The van der Waals surface area contributed by atoms with Crippen molar-refractivity contribution in [1.29, 1.82) is 0 Å². The molecule has 1 aliphatic rings. The molecule has 108 valence electrons. The Bertz CT molecular complexity index is 501. The Labute approximate surface area is 123 Å². The minimum Gasteiger partial charge on any atom is -0.493 e. The van der Waals surface area contributed by atoms with Gasteiger partial charge in [0.25, 0.3) is 0 Å². The van der Waals surface area contributed by atoms with Gasteiger partial charge in [-0.05, 0) is 30.2 Å². The lowest BCUT2D eigenvalue weighted by molar-refractivity contribution is 0.324. The molecule has 1 aliphatic heterocycles. The van der Waals surface area contributed by atoms with E-state index in [4.69, 9.17) is 14.2 Å². The van der Waals surface area contributed by atoms with Crippen LogP contribution >= 0.6 is 11.8 Å². The molecule has 0 saturated heterocycles. The molecule has 5 heteroatoms. The van der Waals surface area contributed by atoms with Gasteiger partial charge in [0, 0.05) is 12.3 Å². The van der Waals surface area contributed by atoms with Crippen LogP contribution < -0.4 is 14.2 Å². The molecule has 0 spiro atoms. The number of nitrogens with zero attached hydrogens (tertiary/aromatic N) is 1. The second-order valence-electron chi connectivity index (χ2n) is 4.21. The number of hydrogen-bond donors (Lipinski definition) is 0. The van der Waals surface area contributed by atoms with E-state index in [0.29, 0.717) is 17.2 Å². The molecule has 1 heterocycles. The highest BCUT2D eigenvalue weighted by Gasteiger charge is 2.12. The number of ether oxygens (including phenoxy) is 3. The number of rotatable bonds is 5. The van der Waals surface area contributed by atoms with E-state index in [1.807, 2.05) is 24.3 Å². The molecule has 0 N–H and O–H groups in total. The van der Waals surface area contributed by atoms with Gasteiger partial charge in [0.15, 0.2) is 11.5 Å².